The van der Waals surface area contributed by atoms with Crippen LogP contribution in [0.5, 0.6) is 0 Å². The summed E-state index contributed by atoms with van der Waals surface area (Å²) in [5.74, 6) is 0.878. The van der Waals surface area contributed by atoms with Gasteiger partial charge in [-0.3, -0.25) is 0 Å². The maximum Gasteiger partial charge on any atom is 0.225 e. The molecule has 2 rings (SSSR count). The highest BCUT2D eigenvalue weighted by molar-refractivity contribution is 5.34. The van der Waals surface area contributed by atoms with Crippen LogP contribution in [-0.4, -0.2) is 36.1 Å². The van der Waals surface area contributed by atoms with Crippen LogP contribution in [0.3, 0.4) is 0 Å². The molecular formula is C12H20N4. The van der Waals surface area contributed by atoms with Crippen LogP contribution >= 0.6 is 0 Å². The van der Waals surface area contributed by atoms with E-state index in [1.54, 1.807) is 0 Å². The molecule has 0 aliphatic carbocycles. The first-order valence-electron chi connectivity index (χ1n) is 6.05. The van der Waals surface area contributed by atoms with E-state index in [0.717, 1.165) is 43.3 Å². The molecule has 1 fully saturated rings. The quantitative estimate of drug-likeness (QED) is 0.822. The van der Waals surface area contributed by atoms with Crippen LogP contribution in [-0.2, 0) is 12.8 Å². The Balaban J connectivity index is 2.24. The molecule has 0 unspecified atom stereocenters. The first kappa shape index (κ1) is 11.3. The number of aromatic nitrogens is 2. The van der Waals surface area contributed by atoms with E-state index in [9.17, 15) is 0 Å². The lowest BCUT2D eigenvalue weighted by atomic mass is 10.1. The van der Waals surface area contributed by atoms with Crippen molar-refractivity contribution in [1.82, 2.24) is 15.3 Å². The van der Waals surface area contributed by atoms with E-state index < -0.39 is 0 Å². The summed E-state index contributed by atoms with van der Waals surface area (Å²) in [5.41, 5.74) is 2.28. The Morgan fingerprint density at radius 1 is 1.25 bits per heavy atom. The van der Waals surface area contributed by atoms with E-state index in [0.29, 0.717) is 6.04 Å². The third kappa shape index (κ3) is 2.16. The summed E-state index contributed by atoms with van der Waals surface area (Å²) in [6.45, 7) is 6.35. The van der Waals surface area contributed by atoms with Crippen molar-refractivity contribution in [3.05, 3.63) is 17.5 Å². The molecule has 0 amide bonds. The fourth-order valence-electron chi connectivity index (χ4n) is 1.77. The van der Waals surface area contributed by atoms with E-state index in [2.05, 4.69) is 47.1 Å². The molecule has 1 aromatic rings. The Bertz CT molecular complexity index is 338. The van der Waals surface area contributed by atoms with Crippen molar-refractivity contribution in [3.63, 3.8) is 0 Å². The monoisotopic (exact) mass is 220 g/mol. The maximum absolute atomic E-state index is 4.59. The van der Waals surface area contributed by atoms with E-state index >= 15 is 0 Å². The number of rotatable bonds is 4. The van der Waals surface area contributed by atoms with Gasteiger partial charge in [0.15, 0.2) is 0 Å². The molecule has 1 aliphatic heterocycles. The largest absolute Gasteiger partial charge is 0.338 e. The molecule has 0 saturated carbocycles. The fraction of sp³-hybridized carbons (Fsp3) is 0.667. The van der Waals surface area contributed by atoms with Gasteiger partial charge in [-0.1, -0.05) is 13.8 Å². The van der Waals surface area contributed by atoms with Crippen LogP contribution in [0.15, 0.2) is 6.07 Å². The molecule has 1 aliphatic rings. The summed E-state index contributed by atoms with van der Waals surface area (Å²) in [4.78, 5) is 11.4. The first-order chi connectivity index (χ1) is 7.74. The van der Waals surface area contributed by atoms with Gasteiger partial charge in [-0.05, 0) is 18.9 Å². The minimum absolute atomic E-state index is 0.553. The Hall–Kier alpha value is -1.16. The number of aryl methyl sites for hydroxylation is 2. The van der Waals surface area contributed by atoms with Crippen molar-refractivity contribution in [2.45, 2.75) is 32.7 Å². The lowest BCUT2D eigenvalue weighted by Gasteiger charge is -2.35. The van der Waals surface area contributed by atoms with Gasteiger partial charge >= 0.3 is 0 Å². The highest BCUT2D eigenvalue weighted by Crippen LogP contribution is 2.14. The van der Waals surface area contributed by atoms with Crippen LogP contribution in [0.2, 0.25) is 0 Å². The van der Waals surface area contributed by atoms with E-state index in [4.69, 9.17) is 0 Å². The van der Waals surface area contributed by atoms with E-state index in [1.165, 1.54) is 0 Å². The average Bonchev–Trinajstić information content (AvgIpc) is 2.26. The van der Waals surface area contributed by atoms with Crippen molar-refractivity contribution in [1.29, 1.82) is 0 Å². The Labute approximate surface area is 97.1 Å². The van der Waals surface area contributed by atoms with Gasteiger partial charge in [-0.15, -0.1) is 0 Å². The van der Waals surface area contributed by atoms with Gasteiger partial charge in [0.2, 0.25) is 5.95 Å². The zero-order chi connectivity index (χ0) is 11.5. The molecule has 0 bridgehead atoms. The Morgan fingerprint density at radius 3 is 2.19 bits per heavy atom. The van der Waals surface area contributed by atoms with Crippen LogP contribution in [0.1, 0.15) is 25.2 Å². The summed E-state index contributed by atoms with van der Waals surface area (Å²) in [7, 11) is 2.08. The van der Waals surface area contributed by atoms with Crippen molar-refractivity contribution >= 4 is 5.95 Å². The predicted molar refractivity (Wildman–Crippen MR) is 65.8 cm³/mol. The van der Waals surface area contributed by atoms with Gasteiger partial charge in [-0.2, -0.15) is 0 Å². The zero-order valence-corrected chi connectivity index (χ0v) is 10.3. The topological polar surface area (TPSA) is 41.1 Å². The molecule has 0 atom stereocenters. The molecule has 0 radical (unpaired) electrons. The van der Waals surface area contributed by atoms with Gasteiger partial charge in [-0.25, -0.2) is 9.97 Å². The summed E-state index contributed by atoms with van der Waals surface area (Å²) < 4.78 is 0. The second kappa shape index (κ2) is 4.78. The fourth-order valence-corrected chi connectivity index (χ4v) is 1.77. The molecule has 88 valence electrons. The lowest BCUT2D eigenvalue weighted by molar-refractivity contribution is 0.424. The Kier molecular flexibility index (Phi) is 3.39. The third-order valence-electron chi connectivity index (χ3n) is 3.17. The van der Waals surface area contributed by atoms with Crippen LogP contribution in [0.25, 0.3) is 0 Å². The van der Waals surface area contributed by atoms with Crippen molar-refractivity contribution < 1.29 is 0 Å². The lowest BCUT2D eigenvalue weighted by Crippen LogP contribution is -2.56. The van der Waals surface area contributed by atoms with Gasteiger partial charge in [0, 0.05) is 31.5 Å². The average molecular weight is 220 g/mol. The molecule has 1 saturated heterocycles. The first-order valence-corrected chi connectivity index (χ1v) is 6.05. The van der Waals surface area contributed by atoms with Crippen molar-refractivity contribution in [3.8, 4) is 0 Å². The standard InChI is InChI=1S/C12H20N4/c1-4-9-6-10(5-2)15-12(14-9)16(3)11-7-13-8-11/h6,11,13H,4-5,7-8H2,1-3H3. The number of nitrogens with one attached hydrogen (secondary N) is 1. The SMILES string of the molecule is CCc1cc(CC)nc(N(C)C2CNC2)n1. The normalized spacial score (nSPS) is 15.9. The Morgan fingerprint density at radius 2 is 1.81 bits per heavy atom. The highest BCUT2D eigenvalue weighted by atomic mass is 15.3. The molecule has 0 spiro atoms. The predicted octanol–water partition coefficient (Wildman–Crippen LogP) is 1.01. The maximum atomic E-state index is 4.59. The van der Waals surface area contributed by atoms with Gasteiger partial charge < -0.3 is 10.2 Å². The molecule has 1 N–H and O–H groups in total. The second-order valence-electron chi connectivity index (χ2n) is 4.28. The molecule has 4 nitrogen and oxygen atoms in total. The summed E-state index contributed by atoms with van der Waals surface area (Å²) in [5, 5.41) is 3.27. The number of likely N-dealkylation sites (N-methyl/N-ethyl adjacent to an activating group) is 1. The zero-order valence-electron chi connectivity index (χ0n) is 10.3. The van der Waals surface area contributed by atoms with Gasteiger partial charge in [0.25, 0.3) is 0 Å². The summed E-state index contributed by atoms with van der Waals surface area (Å²) >= 11 is 0. The van der Waals surface area contributed by atoms with Gasteiger partial charge in [0.1, 0.15) is 0 Å². The molecule has 1 aromatic heterocycles. The van der Waals surface area contributed by atoms with Crippen molar-refractivity contribution in [2.24, 2.45) is 0 Å². The van der Waals surface area contributed by atoms with E-state index in [-0.39, 0.29) is 0 Å². The number of anilines is 1. The smallest absolute Gasteiger partial charge is 0.225 e. The van der Waals surface area contributed by atoms with Gasteiger partial charge in [0.05, 0.1) is 6.04 Å². The summed E-state index contributed by atoms with van der Waals surface area (Å²) in [6.07, 6.45) is 1.94. The molecule has 0 aromatic carbocycles. The minimum Gasteiger partial charge on any atom is -0.338 e. The third-order valence-corrected chi connectivity index (χ3v) is 3.17. The van der Waals surface area contributed by atoms with Crippen LogP contribution < -0.4 is 10.2 Å². The molecule has 4 heteroatoms. The minimum atomic E-state index is 0.553. The highest BCUT2D eigenvalue weighted by Gasteiger charge is 2.23. The number of hydrogen-bond acceptors (Lipinski definition) is 4. The second-order valence-corrected chi connectivity index (χ2v) is 4.28. The number of hydrogen-bond donors (Lipinski definition) is 1. The van der Waals surface area contributed by atoms with Crippen LogP contribution in [0, 0.1) is 0 Å². The summed E-state index contributed by atoms with van der Waals surface area (Å²) in [6, 6.07) is 2.66. The number of nitrogens with zero attached hydrogens (tertiary/aromatic N) is 3. The molecule has 16 heavy (non-hydrogen) atoms. The van der Waals surface area contributed by atoms with Crippen molar-refractivity contribution in [2.75, 3.05) is 25.0 Å². The van der Waals surface area contributed by atoms with E-state index in [1.807, 2.05) is 0 Å². The molecule has 2 heterocycles. The van der Waals surface area contributed by atoms with Crippen LogP contribution in [0.4, 0.5) is 5.95 Å². The molecular weight excluding hydrogens is 200 g/mol.